The first-order chi connectivity index (χ1) is 15.6. The third-order valence-corrected chi connectivity index (χ3v) is 4.12. The molecule has 0 spiro atoms. The lowest BCUT2D eigenvalue weighted by atomic mass is 10.1. The van der Waals surface area contributed by atoms with Crippen LogP contribution in [0.15, 0.2) is 18.2 Å². The summed E-state index contributed by atoms with van der Waals surface area (Å²) in [4.78, 5) is 46.6. The van der Waals surface area contributed by atoms with Crippen LogP contribution in [0.1, 0.15) is 32.8 Å². The molecule has 0 radical (unpaired) electrons. The van der Waals surface area contributed by atoms with E-state index in [1.54, 1.807) is 6.92 Å². The van der Waals surface area contributed by atoms with Crippen LogP contribution in [0.4, 0.5) is 14.4 Å². The van der Waals surface area contributed by atoms with Crippen molar-refractivity contribution in [3.8, 4) is 11.5 Å². The highest BCUT2D eigenvalue weighted by molar-refractivity contribution is 5.76. The maximum atomic E-state index is 12.2. The Bertz CT molecular complexity index is 826. The second-order valence-corrected chi connectivity index (χ2v) is 6.85. The van der Waals surface area contributed by atoms with Gasteiger partial charge in [0.05, 0.1) is 14.2 Å². The van der Waals surface area contributed by atoms with E-state index in [0.29, 0.717) is 12.0 Å². The Kier molecular flexibility index (Phi) is 11.5. The number of nitrogens with two attached hydrogens (primary N) is 1. The predicted molar refractivity (Wildman–Crippen MR) is 112 cm³/mol. The summed E-state index contributed by atoms with van der Waals surface area (Å²) in [6.07, 6.45) is -3.33. The Morgan fingerprint density at radius 3 is 2.03 bits per heavy atom. The molecule has 0 aliphatic carbocycles. The van der Waals surface area contributed by atoms with Crippen molar-refractivity contribution in [3.05, 3.63) is 23.8 Å². The topological polar surface area (TPSA) is 159 Å². The van der Waals surface area contributed by atoms with E-state index >= 15 is 0 Å². The number of benzene rings is 1. The summed E-state index contributed by atoms with van der Waals surface area (Å²) >= 11 is 0. The fraction of sp³-hybridized carbons (Fsp3) is 0.524. The van der Waals surface area contributed by atoms with Gasteiger partial charge in [0, 0.05) is 0 Å². The van der Waals surface area contributed by atoms with Crippen LogP contribution >= 0.6 is 0 Å². The highest BCUT2D eigenvalue weighted by atomic mass is 16.7. The number of rotatable bonds is 10. The van der Waals surface area contributed by atoms with E-state index in [9.17, 15) is 19.2 Å². The fourth-order valence-corrected chi connectivity index (χ4v) is 2.22. The van der Waals surface area contributed by atoms with Crippen molar-refractivity contribution in [1.29, 1.82) is 0 Å². The lowest BCUT2D eigenvalue weighted by Gasteiger charge is -2.17. The van der Waals surface area contributed by atoms with E-state index in [4.69, 9.17) is 29.4 Å². The zero-order valence-electron chi connectivity index (χ0n) is 19.2. The van der Waals surface area contributed by atoms with E-state index in [-0.39, 0.29) is 30.6 Å². The average molecular weight is 471 g/mol. The maximum absolute atomic E-state index is 12.2. The van der Waals surface area contributed by atoms with Crippen molar-refractivity contribution in [3.63, 3.8) is 0 Å². The van der Waals surface area contributed by atoms with Crippen molar-refractivity contribution in [2.24, 2.45) is 5.73 Å². The molecule has 3 atom stereocenters. The first-order valence-electron chi connectivity index (χ1n) is 10.0. The van der Waals surface area contributed by atoms with Gasteiger partial charge in [-0.05, 0) is 44.4 Å². The van der Waals surface area contributed by atoms with Gasteiger partial charge in [-0.25, -0.2) is 14.4 Å². The van der Waals surface area contributed by atoms with Crippen LogP contribution in [0.3, 0.4) is 0 Å². The molecule has 0 aliphatic heterocycles. The number of carbonyl (C=O) groups is 4. The molecule has 0 aliphatic rings. The summed E-state index contributed by atoms with van der Waals surface area (Å²) < 4.78 is 33.8. The summed E-state index contributed by atoms with van der Waals surface area (Å²) in [5.74, 6) is -0.999. The van der Waals surface area contributed by atoms with Crippen molar-refractivity contribution >= 4 is 24.4 Å². The van der Waals surface area contributed by atoms with Crippen LogP contribution in [-0.2, 0) is 34.9 Å². The van der Waals surface area contributed by atoms with Gasteiger partial charge in [0.1, 0.15) is 24.9 Å². The standard InChI is InChI=1S/C21H29NO11/c1-6-12(2)30-21(26)31-13(3)11-29-18(23)15(22)9-14-7-8-16(32-19(24)27-4)17(10-14)33-20(25)28-5/h7-8,10,12-13,15H,6,9,11,22H2,1-5H3/t12?,13-,15-/m0/s1. The lowest BCUT2D eigenvalue weighted by molar-refractivity contribution is -0.148. The Morgan fingerprint density at radius 2 is 1.45 bits per heavy atom. The molecule has 0 saturated heterocycles. The monoisotopic (exact) mass is 471 g/mol. The maximum Gasteiger partial charge on any atom is 0.513 e. The quantitative estimate of drug-likeness (QED) is 0.302. The summed E-state index contributed by atoms with van der Waals surface area (Å²) in [5, 5.41) is 0. The number of hydrogen-bond donors (Lipinski definition) is 1. The Balaban J connectivity index is 2.70. The van der Waals surface area contributed by atoms with E-state index in [2.05, 4.69) is 9.47 Å². The van der Waals surface area contributed by atoms with Gasteiger partial charge in [-0.3, -0.25) is 4.79 Å². The molecule has 1 aromatic rings. The van der Waals surface area contributed by atoms with Crippen molar-refractivity contribution in [2.75, 3.05) is 20.8 Å². The molecular weight excluding hydrogens is 442 g/mol. The predicted octanol–water partition coefficient (Wildman–Crippen LogP) is 2.73. The number of carbonyl (C=O) groups excluding carboxylic acids is 4. The summed E-state index contributed by atoms with van der Waals surface area (Å²) in [7, 11) is 2.22. The minimum absolute atomic E-state index is 0.000163. The Labute approximate surface area is 191 Å². The molecule has 0 heterocycles. The first kappa shape index (κ1) is 27.5. The van der Waals surface area contributed by atoms with Gasteiger partial charge < -0.3 is 38.9 Å². The Hall–Kier alpha value is -3.54. The van der Waals surface area contributed by atoms with E-state index in [1.165, 1.54) is 25.1 Å². The first-order valence-corrected chi connectivity index (χ1v) is 10.0. The number of hydrogen-bond acceptors (Lipinski definition) is 12. The largest absolute Gasteiger partial charge is 0.513 e. The molecule has 12 nitrogen and oxygen atoms in total. The molecule has 33 heavy (non-hydrogen) atoms. The zero-order chi connectivity index (χ0) is 25.0. The molecule has 2 N–H and O–H groups in total. The van der Waals surface area contributed by atoms with Gasteiger partial charge in [0.25, 0.3) is 0 Å². The van der Waals surface area contributed by atoms with Gasteiger partial charge in [0.2, 0.25) is 0 Å². The second-order valence-electron chi connectivity index (χ2n) is 6.85. The average Bonchev–Trinajstić information content (AvgIpc) is 2.78. The molecule has 12 heteroatoms. The van der Waals surface area contributed by atoms with Gasteiger partial charge in [-0.2, -0.15) is 0 Å². The zero-order valence-corrected chi connectivity index (χ0v) is 19.2. The van der Waals surface area contributed by atoms with Crippen LogP contribution in [0.2, 0.25) is 0 Å². The van der Waals surface area contributed by atoms with Crippen molar-refractivity contribution in [1.82, 2.24) is 0 Å². The fourth-order valence-electron chi connectivity index (χ4n) is 2.22. The molecule has 0 saturated carbocycles. The van der Waals surface area contributed by atoms with Crippen LogP contribution in [0.5, 0.6) is 11.5 Å². The molecule has 1 aromatic carbocycles. The van der Waals surface area contributed by atoms with E-state index < -0.39 is 36.6 Å². The summed E-state index contributed by atoms with van der Waals surface area (Å²) in [5.41, 5.74) is 6.36. The third kappa shape index (κ3) is 10.1. The molecule has 1 rings (SSSR count). The number of ether oxygens (including phenoxy) is 7. The van der Waals surface area contributed by atoms with Crippen molar-refractivity contribution in [2.45, 2.75) is 51.9 Å². The molecular formula is C21H29NO11. The molecule has 0 aromatic heterocycles. The van der Waals surface area contributed by atoms with Gasteiger partial charge in [-0.1, -0.05) is 13.0 Å². The van der Waals surface area contributed by atoms with Gasteiger partial charge in [0.15, 0.2) is 11.5 Å². The minimum Gasteiger partial charge on any atom is -0.461 e. The summed E-state index contributed by atoms with van der Waals surface area (Å²) in [6.45, 7) is 4.90. The van der Waals surface area contributed by atoms with Crippen LogP contribution in [0, 0.1) is 0 Å². The molecule has 0 fully saturated rings. The lowest BCUT2D eigenvalue weighted by Crippen LogP contribution is -2.36. The Morgan fingerprint density at radius 1 is 0.879 bits per heavy atom. The third-order valence-electron chi connectivity index (χ3n) is 4.12. The highest BCUT2D eigenvalue weighted by Crippen LogP contribution is 2.29. The van der Waals surface area contributed by atoms with Gasteiger partial charge in [-0.15, -0.1) is 0 Å². The smallest absolute Gasteiger partial charge is 0.461 e. The number of methoxy groups -OCH3 is 2. The minimum atomic E-state index is -1.08. The van der Waals surface area contributed by atoms with E-state index in [1.807, 2.05) is 6.92 Å². The summed E-state index contributed by atoms with van der Waals surface area (Å²) in [6, 6.07) is 3.11. The molecule has 0 amide bonds. The van der Waals surface area contributed by atoms with E-state index in [0.717, 1.165) is 14.2 Å². The molecule has 1 unspecified atom stereocenters. The second kappa shape index (κ2) is 13.8. The van der Waals surface area contributed by atoms with Crippen molar-refractivity contribution < 1.29 is 52.3 Å². The molecule has 184 valence electrons. The SMILES string of the molecule is CCC(C)OC(=O)O[C@@H](C)COC(=O)[C@@H](N)Cc1ccc(OC(=O)OC)c(OC(=O)OC)c1. The van der Waals surface area contributed by atoms with Gasteiger partial charge >= 0.3 is 24.4 Å². The highest BCUT2D eigenvalue weighted by Gasteiger charge is 2.21. The van der Waals surface area contributed by atoms with Crippen LogP contribution in [-0.4, -0.2) is 63.5 Å². The van der Waals surface area contributed by atoms with Crippen LogP contribution < -0.4 is 15.2 Å². The number of esters is 1. The molecule has 0 bridgehead atoms. The van der Waals surface area contributed by atoms with Crippen LogP contribution in [0.25, 0.3) is 0 Å². The normalized spacial score (nSPS) is 13.0.